The topological polar surface area (TPSA) is 49.9 Å². The Balaban J connectivity index is 2.14. The Hall–Kier alpha value is -0.530. The van der Waals surface area contributed by atoms with Crippen molar-refractivity contribution in [1.29, 1.82) is 5.41 Å². The standard InChI is InChI=1S/C8H14N2/c9-7(10)6-2-1-3-8(6)4-5-8/h6H,1-5H2,(H3,9,10)/t6-/m1/s1. The number of nitrogens with two attached hydrogens (primary N) is 1. The van der Waals surface area contributed by atoms with Gasteiger partial charge in [0.05, 0.1) is 5.84 Å². The Morgan fingerprint density at radius 2 is 2.10 bits per heavy atom. The highest BCUT2D eigenvalue weighted by molar-refractivity contribution is 5.81. The maximum atomic E-state index is 7.36. The first-order chi connectivity index (χ1) is 4.75. The highest BCUT2D eigenvalue weighted by Crippen LogP contribution is 2.61. The molecule has 0 bridgehead atoms. The van der Waals surface area contributed by atoms with Crippen LogP contribution in [-0.4, -0.2) is 5.84 Å². The smallest absolute Gasteiger partial charge is 0.0942 e. The van der Waals surface area contributed by atoms with Gasteiger partial charge in [0, 0.05) is 5.92 Å². The third-order valence-electron chi connectivity index (χ3n) is 3.17. The highest BCUT2D eigenvalue weighted by Gasteiger charge is 2.52. The van der Waals surface area contributed by atoms with Gasteiger partial charge in [-0.1, -0.05) is 6.42 Å². The summed E-state index contributed by atoms with van der Waals surface area (Å²) in [6.07, 6.45) is 6.46. The fourth-order valence-corrected chi connectivity index (χ4v) is 2.38. The molecule has 0 aromatic rings. The van der Waals surface area contributed by atoms with Gasteiger partial charge in [-0.05, 0) is 31.1 Å². The Morgan fingerprint density at radius 3 is 2.50 bits per heavy atom. The number of nitrogens with one attached hydrogen (secondary N) is 1. The molecular weight excluding hydrogens is 124 g/mol. The van der Waals surface area contributed by atoms with Gasteiger partial charge < -0.3 is 5.73 Å². The van der Waals surface area contributed by atoms with E-state index in [4.69, 9.17) is 11.1 Å². The van der Waals surface area contributed by atoms with Crippen molar-refractivity contribution in [3.05, 3.63) is 0 Å². The minimum Gasteiger partial charge on any atom is -0.387 e. The summed E-state index contributed by atoms with van der Waals surface area (Å²) in [5.41, 5.74) is 6.03. The minimum absolute atomic E-state index is 0.440. The molecule has 0 heterocycles. The molecular formula is C8H14N2. The second kappa shape index (κ2) is 1.74. The molecule has 2 aliphatic rings. The first kappa shape index (κ1) is 6.20. The first-order valence-corrected chi connectivity index (χ1v) is 4.08. The average Bonchev–Trinajstić information content (AvgIpc) is 2.42. The van der Waals surface area contributed by atoms with Gasteiger partial charge in [-0.25, -0.2) is 0 Å². The van der Waals surface area contributed by atoms with Crippen molar-refractivity contribution in [2.75, 3.05) is 0 Å². The fraction of sp³-hybridized carbons (Fsp3) is 0.875. The van der Waals surface area contributed by atoms with E-state index in [0.717, 1.165) is 0 Å². The second-order valence-corrected chi connectivity index (χ2v) is 3.76. The van der Waals surface area contributed by atoms with Crippen molar-refractivity contribution in [3.63, 3.8) is 0 Å². The van der Waals surface area contributed by atoms with Crippen molar-refractivity contribution < 1.29 is 0 Å². The van der Waals surface area contributed by atoms with Gasteiger partial charge in [-0.15, -0.1) is 0 Å². The maximum absolute atomic E-state index is 7.36. The van der Waals surface area contributed by atoms with Crippen molar-refractivity contribution >= 4 is 5.84 Å². The zero-order valence-electron chi connectivity index (χ0n) is 6.19. The van der Waals surface area contributed by atoms with Crippen LogP contribution in [0.5, 0.6) is 0 Å². The Morgan fingerprint density at radius 1 is 1.40 bits per heavy atom. The van der Waals surface area contributed by atoms with Crippen LogP contribution in [0.4, 0.5) is 0 Å². The van der Waals surface area contributed by atoms with Gasteiger partial charge in [0.1, 0.15) is 0 Å². The molecule has 1 spiro atoms. The van der Waals surface area contributed by atoms with E-state index in [1.807, 2.05) is 0 Å². The second-order valence-electron chi connectivity index (χ2n) is 3.76. The lowest BCUT2D eigenvalue weighted by molar-refractivity contribution is 0.457. The largest absolute Gasteiger partial charge is 0.387 e. The molecule has 0 saturated heterocycles. The molecule has 10 heavy (non-hydrogen) atoms. The predicted octanol–water partition coefficient (Wildman–Crippen LogP) is 1.50. The van der Waals surface area contributed by atoms with Gasteiger partial charge in [0.15, 0.2) is 0 Å². The van der Waals surface area contributed by atoms with E-state index in [2.05, 4.69) is 0 Å². The van der Waals surface area contributed by atoms with E-state index in [0.29, 0.717) is 17.2 Å². The van der Waals surface area contributed by atoms with Crippen molar-refractivity contribution in [2.45, 2.75) is 32.1 Å². The van der Waals surface area contributed by atoms with Gasteiger partial charge in [0.2, 0.25) is 0 Å². The molecule has 2 rings (SSSR count). The molecule has 0 aromatic heterocycles. The summed E-state index contributed by atoms with van der Waals surface area (Å²) >= 11 is 0. The fourth-order valence-electron chi connectivity index (χ4n) is 2.38. The van der Waals surface area contributed by atoms with Gasteiger partial charge in [-0.2, -0.15) is 0 Å². The van der Waals surface area contributed by atoms with Gasteiger partial charge >= 0.3 is 0 Å². The molecule has 2 aliphatic carbocycles. The summed E-state index contributed by atoms with van der Waals surface area (Å²) in [5.74, 6) is 0.891. The summed E-state index contributed by atoms with van der Waals surface area (Å²) in [4.78, 5) is 0. The van der Waals surface area contributed by atoms with E-state index in [1.54, 1.807) is 0 Å². The van der Waals surface area contributed by atoms with E-state index in [1.165, 1.54) is 32.1 Å². The molecule has 2 heteroatoms. The quantitative estimate of drug-likeness (QED) is 0.418. The van der Waals surface area contributed by atoms with Gasteiger partial charge in [0.25, 0.3) is 0 Å². The number of rotatable bonds is 1. The molecule has 2 nitrogen and oxygen atoms in total. The summed E-state index contributed by atoms with van der Waals surface area (Å²) < 4.78 is 0. The molecule has 0 aromatic carbocycles. The molecule has 0 unspecified atom stereocenters. The van der Waals surface area contributed by atoms with Crippen molar-refractivity contribution in [3.8, 4) is 0 Å². The number of hydrogen-bond acceptors (Lipinski definition) is 1. The number of hydrogen-bond donors (Lipinski definition) is 2. The maximum Gasteiger partial charge on any atom is 0.0942 e. The zero-order valence-corrected chi connectivity index (χ0v) is 6.19. The van der Waals surface area contributed by atoms with Crippen LogP contribution in [0.2, 0.25) is 0 Å². The molecule has 2 fully saturated rings. The zero-order chi connectivity index (χ0) is 7.19. The van der Waals surface area contributed by atoms with Crippen LogP contribution in [0.15, 0.2) is 0 Å². The molecule has 0 aliphatic heterocycles. The lowest BCUT2D eigenvalue weighted by Gasteiger charge is -2.15. The van der Waals surface area contributed by atoms with Crippen LogP contribution >= 0.6 is 0 Å². The normalized spacial score (nSPS) is 34.6. The lowest BCUT2D eigenvalue weighted by Crippen LogP contribution is -2.26. The minimum atomic E-state index is 0.440. The molecule has 2 saturated carbocycles. The van der Waals surface area contributed by atoms with Crippen LogP contribution in [0.3, 0.4) is 0 Å². The third kappa shape index (κ3) is 0.678. The highest BCUT2D eigenvalue weighted by atomic mass is 14.8. The van der Waals surface area contributed by atoms with Crippen molar-refractivity contribution in [1.82, 2.24) is 0 Å². The van der Waals surface area contributed by atoms with E-state index >= 15 is 0 Å². The number of amidine groups is 1. The third-order valence-corrected chi connectivity index (χ3v) is 3.17. The SMILES string of the molecule is N=C(N)[C@H]1CCCC12CC2. The first-order valence-electron chi connectivity index (χ1n) is 4.08. The molecule has 0 radical (unpaired) electrons. The van der Waals surface area contributed by atoms with Gasteiger partial charge in [-0.3, -0.25) is 5.41 Å². The lowest BCUT2D eigenvalue weighted by atomic mass is 9.92. The molecule has 1 atom stereocenters. The average molecular weight is 138 g/mol. The van der Waals surface area contributed by atoms with Crippen LogP contribution in [0.1, 0.15) is 32.1 Å². The summed E-state index contributed by atoms with van der Waals surface area (Å²) in [6, 6.07) is 0. The summed E-state index contributed by atoms with van der Waals surface area (Å²) in [5, 5.41) is 7.36. The van der Waals surface area contributed by atoms with E-state index in [-0.39, 0.29) is 0 Å². The summed E-state index contributed by atoms with van der Waals surface area (Å²) in [6.45, 7) is 0. The molecule has 3 N–H and O–H groups in total. The monoisotopic (exact) mass is 138 g/mol. The van der Waals surface area contributed by atoms with Crippen LogP contribution in [0, 0.1) is 16.7 Å². The Labute approximate surface area is 61.3 Å². The molecule has 0 amide bonds. The Bertz CT molecular complexity index is 170. The van der Waals surface area contributed by atoms with Crippen LogP contribution in [0.25, 0.3) is 0 Å². The van der Waals surface area contributed by atoms with Crippen LogP contribution < -0.4 is 5.73 Å². The van der Waals surface area contributed by atoms with E-state index < -0.39 is 0 Å². The Kier molecular flexibility index (Phi) is 1.08. The van der Waals surface area contributed by atoms with Crippen LogP contribution in [-0.2, 0) is 0 Å². The van der Waals surface area contributed by atoms with E-state index in [9.17, 15) is 0 Å². The predicted molar refractivity (Wildman–Crippen MR) is 40.9 cm³/mol. The molecule has 56 valence electrons. The summed E-state index contributed by atoms with van der Waals surface area (Å²) in [7, 11) is 0. The van der Waals surface area contributed by atoms with Crippen molar-refractivity contribution in [2.24, 2.45) is 17.1 Å².